The maximum Gasteiger partial charge on any atom is 0.220 e. The van der Waals surface area contributed by atoms with Crippen LogP contribution in [0.2, 0.25) is 0 Å². The van der Waals surface area contributed by atoms with Gasteiger partial charge in [0.1, 0.15) is 5.82 Å². The van der Waals surface area contributed by atoms with Gasteiger partial charge in [-0.3, -0.25) is 4.79 Å². The molecule has 5 rings (SSSR count). The zero-order valence-electron chi connectivity index (χ0n) is 20.1. The second-order valence-electron chi connectivity index (χ2n) is 9.11. The highest BCUT2D eigenvalue weighted by Gasteiger charge is 2.23. The van der Waals surface area contributed by atoms with Crippen LogP contribution in [0.5, 0.6) is 0 Å². The van der Waals surface area contributed by atoms with E-state index in [1.54, 1.807) is 12.1 Å². The van der Waals surface area contributed by atoms with E-state index < -0.39 is 0 Å². The number of nitrogens with one attached hydrogen (secondary N) is 1. The number of halogens is 1. The number of aromatic nitrogens is 1. The molecule has 0 bridgehead atoms. The van der Waals surface area contributed by atoms with Crippen molar-refractivity contribution in [1.82, 2.24) is 9.88 Å². The average Bonchev–Trinajstić information content (AvgIpc) is 3.27. The minimum atomic E-state index is -0.281. The number of nitrogens with zero attached hydrogens (tertiary/aromatic N) is 1. The second kappa shape index (κ2) is 11.0. The van der Waals surface area contributed by atoms with Crippen molar-refractivity contribution in [3.63, 3.8) is 0 Å². The van der Waals surface area contributed by atoms with Gasteiger partial charge in [0.25, 0.3) is 0 Å². The Hall–Kier alpha value is -4.18. The molecule has 1 aromatic heterocycles. The topological polar surface area (TPSA) is 34.0 Å². The SMILES string of the molecule is O=C(CC(c1ccc(F)cc1)c1cn(Cc2ccccc2)c2ccccc12)NCCc1ccccc1. The lowest BCUT2D eigenvalue weighted by Crippen LogP contribution is -2.27. The minimum Gasteiger partial charge on any atom is -0.356 e. The van der Waals surface area contributed by atoms with Crippen LogP contribution < -0.4 is 5.32 Å². The molecule has 0 saturated carbocycles. The van der Waals surface area contributed by atoms with Crippen LogP contribution in [0.3, 0.4) is 0 Å². The molecule has 36 heavy (non-hydrogen) atoms. The molecule has 1 atom stereocenters. The van der Waals surface area contributed by atoms with E-state index in [0.29, 0.717) is 13.0 Å². The Morgan fingerprint density at radius 3 is 2.14 bits per heavy atom. The van der Waals surface area contributed by atoms with Crippen LogP contribution >= 0.6 is 0 Å². The summed E-state index contributed by atoms with van der Waals surface area (Å²) < 4.78 is 16.0. The van der Waals surface area contributed by atoms with Crippen molar-refractivity contribution in [3.05, 3.63) is 143 Å². The summed E-state index contributed by atoms with van der Waals surface area (Å²) in [7, 11) is 0. The van der Waals surface area contributed by atoms with Crippen LogP contribution in [0.4, 0.5) is 4.39 Å². The summed E-state index contributed by atoms with van der Waals surface area (Å²) in [5.74, 6) is -0.485. The van der Waals surface area contributed by atoms with E-state index in [-0.39, 0.29) is 17.6 Å². The number of para-hydroxylation sites is 1. The lowest BCUT2D eigenvalue weighted by Gasteiger charge is -2.17. The van der Waals surface area contributed by atoms with E-state index in [0.717, 1.165) is 35.0 Å². The third-order valence-corrected chi connectivity index (χ3v) is 6.63. The van der Waals surface area contributed by atoms with Crippen molar-refractivity contribution in [2.24, 2.45) is 0 Å². The Balaban J connectivity index is 1.44. The molecule has 4 aromatic carbocycles. The van der Waals surface area contributed by atoms with E-state index in [1.165, 1.54) is 23.3 Å². The highest BCUT2D eigenvalue weighted by atomic mass is 19.1. The van der Waals surface area contributed by atoms with E-state index in [2.05, 4.69) is 52.5 Å². The zero-order chi connectivity index (χ0) is 24.7. The highest BCUT2D eigenvalue weighted by molar-refractivity contribution is 5.86. The molecule has 1 unspecified atom stereocenters. The van der Waals surface area contributed by atoms with E-state index in [9.17, 15) is 9.18 Å². The van der Waals surface area contributed by atoms with Crippen LogP contribution in [-0.2, 0) is 17.8 Å². The Bertz CT molecular complexity index is 1430. The molecule has 0 aliphatic heterocycles. The third kappa shape index (κ3) is 5.55. The number of amides is 1. The Kier molecular flexibility index (Phi) is 7.23. The standard InChI is InChI=1S/C32H29FN2O/c33-27-17-15-26(16-18-27)29(21-32(36)34-20-19-24-9-3-1-4-10-24)30-23-35(22-25-11-5-2-6-12-25)31-14-8-7-13-28(30)31/h1-18,23,29H,19-22H2,(H,34,36). The Labute approximate surface area is 211 Å². The number of carbonyl (C=O) groups is 1. The van der Waals surface area contributed by atoms with Crippen LogP contribution in [0, 0.1) is 5.82 Å². The number of rotatable bonds is 9. The molecule has 1 amide bonds. The number of carbonyl (C=O) groups excluding carboxylic acids is 1. The molecule has 0 aliphatic carbocycles. The maximum absolute atomic E-state index is 13.8. The molecule has 4 heteroatoms. The fourth-order valence-corrected chi connectivity index (χ4v) is 4.81. The third-order valence-electron chi connectivity index (χ3n) is 6.63. The fraction of sp³-hybridized carbons (Fsp3) is 0.156. The van der Waals surface area contributed by atoms with E-state index in [1.807, 2.05) is 48.5 Å². The predicted molar refractivity (Wildman–Crippen MR) is 143 cm³/mol. The first-order valence-corrected chi connectivity index (χ1v) is 12.3. The summed E-state index contributed by atoms with van der Waals surface area (Å²) in [4.78, 5) is 13.1. The highest BCUT2D eigenvalue weighted by Crippen LogP contribution is 2.35. The first kappa shape index (κ1) is 23.6. The average molecular weight is 477 g/mol. The molecule has 0 saturated heterocycles. The molecular weight excluding hydrogens is 447 g/mol. The van der Waals surface area contributed by atoms with Gasteiger partial charge >= 0.3 is 0 Å². The first-order valence-electron chi connectivity index (χ1n) is 12.3. The summed E-state index contributed by atoms with van der Waals surface area (Å²) >= 11 is 0. The number of hydrogen-bond donors (Lipinski definition) is 1. The Morgan fingerprint density at radius 2 is 1.42 bits per heavy atom. The second-order valence-corrected chi connectivity index (χ2v) is 9.11. The summed E-state index contributed by atoms with van der Waals surface area (Å²) in [5.41, 5.74) is 5.52. The van der Waals surface area contributed by atoms with Gasteiger partial charge < -0.3 is 9.88 Å². The zero-order valence-corrected chi connectivity index (χ0v) is 20.1. The summed E-state index contributed by atoms with van der Waals surface area (Å²) in [6, 6.07) is 35.3. The number of fused-ring (bicyclic) bond motifs is 1. The van der Waals surface area contributed by atoms with Gasteiger partial charge in [0, 0.05) is 42.5 Å². The predicted octanol–water partition coefficient (Wildman–Crippen LogP) is 6.71. The van der Waals surface area contributed by atoms with Gasteiger partial charge in [-0.05, 0) is 46.9 Å². The van der Waals surface area contributed by atoms with Crippen molar-refractivity contribution in [2.45, 2.75) is 25.3 Å². The molecule has 0 fully saturated rings. The van der Waals surface area contributed by atoms with Gasteiger partial charge in [0.15, 0.2) is 0 Å². The van der Waals surface area contributed by atoms with Gasteiger partial charge in [-0.2, -0.15) is 0 Å². The smallest absolute Gasteiger partial charge is 0.220 e. The van der Waals surface area contributed by atoms with E-state index >= 15 is 0 Å². The summed E-state index contributed by atoms with van der Waals surface area (Å²) in [5, 5.41) is 4.20. The summed E-state index contributed by atoms with van der Waals surface area (Å²) in [6.45, 7) is 1.31. The molecule has 5 aromatic rings. The molecular formula is C32H29FN2O. The molecule has 1 heterocycles. The molecule has 0 aliphatic rings. The number of benzene rings is 4. The van der Waals surface area contributed by atoms with Crippen LogP contribution in [-0.4, -0.2) is 17.0 Å². The van der Waals surface area contributed by atoms with Gasteiger partial charge in [-0.1, -0.05) is 91.0 Å². The van der Waals surface area contributed by atoms with Gasteiger partial charge in [-0.15, -0.1) is 0 Å². The van der Waals surface area contributed by atoms with Gasteiger partial charge in [-0.25, -0.2) is 4.39 Å². The minimum absolute atomic E-state index is 0.0138. The van der Waals surface area contributed by atoms with Crippen LogP contribution in [0.1, 0.15) is 34.6 Å². The fourth-order valence-electron chi connectivity index (χ4n) is 4.81. The van der Waals surface area contributed by atoms with Crippen molar-refractivity contribution in [3.8, 4) is 0 Å². The molecule has 180 valence electrons. The van der Waals surface area contributed by atoms with E-state index in [4.69, 9.17) is 0 Å². The largest absolute Gasteiger partial charge is 0.356 e. The maximum atomic E-state index is 13.8. The van der Waals surface area contributed by atoms with Crippen molar-refractivity contribution in [1.29, 1.82) is 0 Å². The quantitative estimate of drug-likeness (QED) is 0.252. The van der Waals surface area contributed by atoms with Crippen molar-refractivity contribution in [2.75, 3.05) is 6.54 Å². The van der Waals surface area contributed by atoms with Crippen molar-refractivity contribution >= 4 is 16.8 Å². The molecule has 0 spiro atoms. The molecule has 3 nitrogen and oxygen atoms in total. The van der Waals surface area contributed by atoms with Crippen molar-refractivity contribution < 1.29 is 9.18 Å². The Morgan fingerprint density at radius 1 is 0.778 bits per heavy atom. The lowest BCUT2D eigenvalue weighted by molar-refractivity contribution is -0.121. The molecule has 0 radical (unpaired) electrons. The van der Waals surface area contributed by atoms with Crippen LogP contribution in [0.15, 0.2) is 115 Å². The number of hydrogen-bond acceptors (Lipinski definition) is 1. The molecule has 1 N–H and O–H groups in total. The van der Waals surface area contributed by atoms with Gasteiger partial charge in [0.2, 0.25) is 5.91 Å². The first-order chi connectivity index (χ1) is 17.7. The van der Waals surface area contributed by atoms with Gasteiger partial charge in [0.05, 0.1) is 0 Å². The normalized spacial score (nSPS) is 11.9. The monoisotopic (exact) mass is 476 g/mol. The van der Waals surface area contributed by atoms with Crippen LogP contribution in [0.25, 0.3) is 10.9 Å². The lowest BCUT2D eigenvalue weighted by atomic mass is 9.88. The summed E-state index contributed by atoms with van der Waals surface area (Å²) in [6.07, 6.45) is 3.23.